The highest BCUT2D eigenvalue weighted by Crippen LogP contribution is 2.16. The molecule has 0 aliphatic rings. The Morgan fingerprint density at radius 1 is 0.316 bits per heavy atom. The number of allylic oxidation sites excluding steroid dienone is 24. The van der Waals surface area contributed by atoms with Gasteiger partial charge in [-0.2, -0.15) is 0 Å². The highest BCUT2D eigenvalue weighted by Gasteiger charge is 2.16. The number of carbonyl (C=O) groups is 2. The molecule has 0 aromatic heterocycles. The second-order valence-corrected chi connectivity index (χ2v) is 20.4. The number of unbranched alkanes of at least 4 members (excludes halogenated alkanes) is 24. The maximum atomic E-state index is 12.3. The van der Waals surface area contributed by atoms with Gasteiger partial charge in [0.1, 0.15) is 6.61 Å². The smallest absolute Gasteiger partial charge is 0.306 e. The average molecular weight is 1050 g/mol. The van der Waals surface area contributed by atoms with Gasteiger partial charge in [0.2, 0.25) is 0 Å². The fourth-order valence-electron chi connectivity index (χ4n) is 8.44. The third kappa shape index (κ3) is 62.3. The summed E-state index contributed by atoms with van der Waals surface area (Å²) in [6, 6.07) is 0. The van der Waals surface area contributed by atoms with Crippen LogP contribution < -0.4 is 0 Å². The van der Waals surface area contributed by atoms with E-state index in [0.717, 1.165) is 109 Å². The van der Waals surface area contributed by atoms with Gasteiger partial charge >= 0.3 is 11.9 Å². The van der Waals surface area contributed by atoms with Crippen molar-refractivity contribution >= 4 is 11.9 Å². The van der Waals surface area contributed by atoms with Gasteiger partial charge in [-0.3, -0.25) is 9.59 Å². The molecule has 0 amide bonds. The Balaban J connectivity index is 3.61. The first kappa shape index (κ1) is 71.8. The molecule has 1 atom stereocenters. The molecule has 1 N–H and O–H groups in total. The van der Waals surface area contributed by atoms with Crippen LogP contribution in [0.4, 0.5) is 0 Å². The van der Waals surface area contributed by atoms with E-state index in [2.05, 4.69) is 160 Å². The first-order valence-electron chi connectivity index (χ1n) is 31.4. The summed E-state index contributed by atoms with van der Waals surface area (Å²) >= 11 is 0. The molecule has 0 saturated carbocycles. The molecule has 0 spiro atoms. The minimum Gasteiger partial charge on any atom is -0.462 e. The zero-order valence-electron chi connectivity index (χ0n) is 49.2. The van der Waals surface area contributed by atoms with Crippen LogP contribution in [0, 0.1) is 0 Å². The molecule has 0 rings (SSSR count). The maximum absolute atomic E-state index is 12.3. The second-order valence-electron chi connectivity index (χ2n) is 20.4. The molecule has 1 unspecified atom stereocenters. The van der Waals surface area contributed by atoms with Crippen molar-refractivity contribution in [3.63, 3.8) is 0 Å². The minimum atomic E-state index is -0.807. The SMILES string of the molecule is CC/C=C\C/C=C\C/C=C\C/C=C\C/C=C\C/C=C\C/C=C\C/C=C\C/C=C\C/C=C\CCCCC(=O)OC(CO)COC(=O)CCCCCCCCCCCCCCCCCCC/C=C\C/C=C\CCCCCCC. The minimum absolute atomic E-state index is 0.0911. The molecule has 0 bridgehead atoms. The topological polar surface area (TPSA) is 72.8 Å². The molecule has 0 aliphatic carbocycles. The summed E-state index contributed by atoms with van der Waals surface area (Å²) in [6.07, 6.45) is 98.4. The lowest BCUT2D eigenvalue weighted by molar-refractivity contribution is -0.161. The fourth-order valence-corrected chi connectivity index (χ4v) is 8.44. The van der Waals surface area contributed by atoms with Crippen molar-refractivity contribution in [1.29, 1.82) is 0 Å². The van der Waals surface area contributed by atoms with E-state index < -0.39 is 6.10 Å². The van der Waals surface area contributed by atoms with Gasteiger partial charge in [-0.05, 0) is 122 Å². The van der Waals surface area contributed by atoms with E-state index in [1.54, 1.807) is 0 Å². The molecule has 0 aliphatic heterocycles. The molecule has 0 aromatic rings. The van der Waals surface area contributed by atoms with Crippen LogP contribution in [0.15, 0.2) is 146 Å². The number of ether oxygens (including phenoxy) is 2. The number of carbonyl (C=O) groups excluding carboxylic acids is 2. The van der Waals surface area contributed by atoms with Gasteiger partial charge in [0.25, 0.3) is 0 Å². The quantitative estimate of drug-likeness (QED) is 0.0373. The van der Waals surface area contributed by atoms with Crippen molar-refractivity contribution in [3.8, 4) is 0 Å². The zero-order chi connectivity index (χ0) is 54.8. The van der Waals surface area contributed by atoms with E-state index in [-0.39, 0.29) is 25.2 Å². The van der Waals surface area contributed by atoms with Gasteiger partial charge in [-0.25, -0.2) is 0 Å². The number of rotatable bonds is 56. The lowest BCUT2D eigenvalue weighted by atomic mass is 10.0. The first-order chi connectivity index (χ1) is 37.6. The summed E-state index contributed by atoms with van der Waals surface area (Å²) < 4.78 is 10.7. The van der Waals surface area contributed by atoms with Crippen molar-refractivity contribution in [2.75, 3.05) is 13.2 Å². The van der Waals surface area contributed by atoms with E-state index in [9.17, 15) is 14.7 Å². The summed E-state index contributed by atoms with van der Waals surface area (Å²) in [4.78, 5) is 24.6. The summed E-state index contributed by atoms with van der Waals surface area (Å²) in [5.41, 5.74) is 0. The Morgan fingerprint density at radius 2 is 0.566 bits per heavy atom. The van der Waals surface area contributed by atoms with Gasteiger partial charge in [0.15, 0.2) is 6.10 Å². The van der Waals surface area contributed by atoms with Gasteiger partial charge in [0.05, 0.1) is 6.61 Å². The number of esters is 2. The van der Waals surface area contributed by atoms with E-state index in [4.69, 9.17) is 9.47 Å². The van der Waals surface area contributed by atoms with Gasteiger partial charge in [-0.15, -0.1) is 0 Å². The summed E-state index contributed by atoms with van der Waals surface area (Å²) in [5, 5.41) is 9.67. The average Bonchev–Trinajstić information content (AvgIpc) is 3.42. The van der Waals surface area contributed by atoms with E-state index in [1.807, 2.05) is 0 Å². The van der Waals surface area contributed by atoms with Crippen molar-refractivity contribution in [1.82, 2.24) is 0 Å². The molecular formula is C71H116O5. The summed E-state index contributed by atoms with van der Waals surface area (Å²) in [7, 11) is 0. The summed E-state index contributed by atoms with van der Waals surface area (Å²) in [6.45, 7) is 3.99. The first-order valence-corrected chi connectivity index (χ1v) is 31.4. The van der Waals surface area contributed by atoms with Crippen LogP contribution in [0.25, 0.3) is 0 Å². The van der Waals surface area contributed by atoms with E-state index in [1.165, 1.54) is 135 Å². The molecule has 0 heterocycles. The van der Waals surface area contributed by atoms with Gasteiger partial charge in [0, 0.05) is 12.8 Å². The molecule has 5 nitrogen and oxygen atoms in total. The maximum Gasteiger partial charge on any atom is 0.306 e. The molecule has 0 fully saturated rings. The third-order valence-electron chi connectivity index (χ3n) is 13.1. The number of hydrogen-bond acceptors (Lipinski definition) is 5. The lowest BCUT2D eigenvalue weighted by Crippen LogP contribution is -2.28. The van der Waals surface area contributed by atoms with Crippen molar-refractivity contribution in [2.24, 2.45) is 0 Å². The fraction of sp³-hybridized carbons (Fsp3) is 0.634. The molecule has 0 radical (unpaired) electrons. The van der Waals surface area contributed by atoms with Crippen molar-refractivity contribution in [2.45, 2.75) is 277 Å². The van der Waals surface area contributed by atoms with Crippen LogP contribution in [0.3, 0.4) is 0 Å². The molecule has 76 heavy (non-hydrogen) atoms. The van der Waals surface area contributed by atoms with Crippen LogP contribution >= 0.6 is 0 Å². The number of aliphatic hydroxyl groups is 1. The summed E-state index contributed by atoms with van der Waals surface area (Å²) in [5.74, 6) is -0.645. The van der Waals surface area contributed by atoms with Crippen LogP contribution in [0.2, 0.25) is 0 Å². The van der Waals surface area contributed by atoms with Crippen LogP contribution in [0.1, 0.15) is 271 Å². The molecule has 0 saturated heterocycles. The highest BCUT2D eigenvalue weighted by atomic mass is 16.6. The number of hydrogen-bond donors (Lipinski definition) is 1. The van der Waals surface area contributed by atoms with Crippen molar-refractivity contribution < 1.29 is 24.2 Å². The predicted octanol–water partition coefficient (Wildman–Crippen LogP) is 21.8. The Hall–Kier alpha value is -4.22. The molecule has 430 valence electrons. The van der Waals surface area contributed by atoms with Crippen LogP contribution in [-0.2, 0) is 19.1 Å². The zero-order valence-corrected chi connectivity index (χ0v) is 49.2. The molecular weight excluding hydrogens is 933 g/mol. The Kier molecular flexibility index (Phi) is 61.5. The van der Waals surface area contributed by atoms with Crippen LogP contribution in [0.5, 0.6) is 0 Å². The van der Waals surface area contributed by atoms with Crippen LogP contribution in [-0.4, -0.2) is 36.4 Å². The van der Waals surface area contributed by atoms with E-state index >= 15 is 0 Å². The van der Waals surface area contributed by atoms with Gasteiger partial charge in [-0.1, -0.05) is 282 Å². The molecule has 5 heteroatoms. The third-order valence-corrected chi connectivity index (χ3v) is 13.1. The Morgan fingerprint density at radius 3 is 0.882 bits per heavy atom. The second kappa shape index (κ2) is 65.1. The van der Waals surface area contributed by atoms with E-state index in [0.29, 0.717) is 12.8 Å². The Labute approximate surface area is 469 Å². The van der Waals surface area contributed by atoms with Gasteiger partial charge < -0.3 is 14.6 Å². The number of aliphatic hydroxyl groups excluding tert-OH is 1. The predicted molar refractivity (Wildman–Crippen MR) is 334 cm³/mol. The molecule has 0 aromatic carbocycles. The van der Waals surface area contributed by atoms with Crippen molar-refractivity contribution in [3.05, 3.63) is 146 Å². The lowest BCUT2D eigenvalue weighted by Gasteiger charge is -2.15. The normalized spacial score (nSPS) is 13.2. The largest absolute Gasteiger partial charge is 0.462 e. The Bertz CT molecular complexity index is 1610. The highest BCUT2D eigenvalue weighted by molar-refractivity contribution is 5.70. The monoisotopic (exact) mass is 1050 g/mol. The standard InChI is InChI=1S/C71H116O5/c1-3-5-7-9-11-13-15-17-19-21-23-25-27-29-31-33-34-35-36-38-40-42-44-46-48-50-52-54-56-58-60-62-64-66-71(74)76-69(67-72)68-75-70(73)65-63-61-59-57-55-53-51-49-47-45-43-41-39-37-32-30-28-26-24-22-20-18-16-14-12-10-8-6-4-2/h5,7,11,13,16-19,22-25,29,31,34-35,38,40,44,46,50,52,56,58,69,72H,3-4,6,8-10,12,14-15,20-21,26-28,30,32-33,36-37,39,41-43,45,47-49,51,53-55,57,59-68H2,1-2H3/b7-5-,13-11-,18-16-,19-17-,24-22-,25-23-,31-29-,35-34-,40-38-,46-44-,52-50-,58-56-.